The van der Waals surface area contributed by atoms with Crippen LogP contribution in [-0.4, -0.2) is 30.9 Å². The summed E-state index contributed by atoms with van der Waals surface area (Å²) in [6, 6.07) is 3.11. The third-order valence-corrected chi connectivity index (χ3v) is 4.34. The Hall–Kier alpha value is -2.44. The monoisotopic (exact) mass is 336 g/mol. The second kappa shape index (κ2) is 7.42. The highest BCUT2D eigenvalue weighted by molar-refractivity contribution is 6.01. The Labute approximate surface area is 139 Å². The molecule has 0 spiro atoms. The summed E-state index contributed by atoms with van der Waals surface area (Å²) in [6.07, 6.45) is 0.617. The topological polar surface area (TPSA) is 84.5 Å². The van der Waals surface area contributed by atoms with E-state index < -0.39 is 29.7 Å². The second-order valence-corrected chi connectivity index (χ2v) is 5.93. The maximum Gasteiger partial charge on any atom is 0.328 e. The van der Waals surface area contributed by atoms with Crippen molar-refractivity contribution in [2.24, 2.45) is 5.92 Å². The molecule has 0 aliphatic carbocycles. The lowest BCUT2D eigenvalue weighted by molar-refractivity contribution is -0.146. The van der Waals surface area contributed by atoms with Crippen molar-refractivity contribution in [3.63, 3.8) is 0 Å². The zero-order chi connectivity index (χ0) is 17.9. The van der Waals surface area contributed by atoms with Gasteiger partial charge >= 0.3 is 5.97 Å². The number of hydrogen-bond donors (Lipinski definition) is 2. The van der Waals surface area contributed by atoms with Gasteiger partial charge in [0.2, 0.25) is 11.8 Å². The number of hydrogen-bond acceptors (Lipinski definition) is 4. The highest BCUT2D eigenvalue weighted by atomic mass is 19.1. The molecule has 1 aliphatic heterocycles. The minimum atomic E-state index is -0.790. The quantitative estimate of drug-likeness (QED) is 0.805. The van der Waals surface area contributed by atoms with Crippen molar-refractivity contribution in [1.82, 2.24) is 5.32 Å². The minimum Gasteiger partial charge on any atom is -0.467 e. The fourth-order valence-electron chi connectivity index (χ4n) is 2.72. The zero-order valence-corrected chi connectivity index (χ0v) is 13.9. The van der Waals surface area contributed by atoms with E-state index in [0.717, 1.165) is 0 Å². The predicted molar refractivity (Wildman–Crippen MR) is 85.8 cm³/mol. The first-order valence-corrected chi connectivity index (χ1v) is 7.84. The van der Waals surface area contributed by atoms with E-state index in [2.05, 4.69) is 10.6 Å². The lowest BCUT2D eigenvalue weighted by Gasteiger charge is -2.28. The number of benzene rings is 1. The molecule has 1 aliphatic rings. The fourth-order valence-corrected chi connectivity index (χ4v) is 2.72. The Kier molecular flexibility index (Phi) is 5.54. The molecule has 2 N–H and O–H groups in total. The number of rotatable bonds is 5. The maximum absolute atomic E-state index is 13.4. The smallest absolute Gasteiger partial charge is 0.328 e. The molecule has 2 amide bonds. The molecule has 1 heterocycles. The number of fused-ring (bicyclic) bond motifs is 1. The van der Waals surface area contributed by atoms with E-state index in [9.17, 15) is 18.8 Å². The van der Waals surface area contributed by atoms with Gasteiger partial charge in [0.05, 0.1) is 13.0 Å². The van der Waals surface area contributed by atoms with Crippen LogP contribution < -0.4 is 10.6 Å². The number of carbonyl (C=O) groups is 3. The first-order chi connectivity index (χ1) is 11.4. The third-order valence-electron chi connectivity index (χ3n) is 4.34. The van der Waals surface area contributed by atoms with Gasteiger partial charge in [-0.1, -0.05) is 26.3 Å². The van der Waals surface area contributed by atoms with E-state index in [1.54, 1.807) is 0 Å². The van der Waals surface area contributed by atoms with Gasteiger partial charge in [-0.05, 0) is 23.6 Å². The van der Waals surface area contributed by atoms with Gasteiger partial charge in [0.25, 0.3) is 0 Å². The Morgan fingerprint density at radius 1 is 1.46 bits per heavy atom. The largest absolute Gasteiger partial charge is 0.467 e. The molecule has 0 aromatic heterocycles. The van der Waals surface area contributed by atoms with E-state index in [1.165, 1.54) is 25.3 Å². The average Bonchev–Trinajstić information content (AvgIpc) is 2.56. The predicted octanol–water partition coefficient (Wildman–Crippen LogP) is 1.96. The summed E-state index contributed by atoms with van der Waals surface area (Å²) < 4.78 is 18.1. The van der Waals surface area contributed by atoms with Gasteiger partial charge < -0.3 is 15.4 Å². The van der Waals surface area contributed by atoms with Crippen LogP contribution in [0.4, 0.5) is 10.1 Å². The molecule has 24 heavy (non-hydrogen) atoms. The van der Waals surface area contributed by atoms with Crippen LogP contribution in [0.2, 0.25) is 0 Å². The first-order valence-electron chi connectivity index (χ1n) is 7.84. The van der Waals surface area contributed by atoms with Crippen molar-refractivity contribution in [3.8, 4) is 0 Å². The second-order valence-electron chi connectivity index (χ2n) is 5.93. The summed E-state index contributed by atoms with van der Waals surface area (Å²) in [5.74, 6) is -2.74. The number of methoxy groups -OCH3 is 1. The van der Waals surface area contributed by atoms with Gasteiger partial charge in [0.1, 0.15) is 11.9 Å². The molecule has 3 atom stereocenters. The van der Waals surface area contributed by atoms with Crippen LogP contribution in [0.15, 0.2) is 18.2 Å². The molecule has 0 radical (unpaired) electrons. The molecule has 0 fully saturated rings. The van der Waals surface area contributed by atoms with Gasteiger partial charge in [-0.25, -0.2) is 9.18 Å². The van der Waals surface area contributed by atoms with Crippen molar-refractivity contribution in [3.05, 3.63) is 29.6 Å². The van der Waals surface area contributed by atoms with E-state index >= 15 is 0 Å². The first kappa shape index (κ1) is 17.9. The summed E-state index contributed by atoms with van der Waals surface area (Å²) in [7, 11) is 1.26. The molecule has 130 valence electrons. The highest BCUT2D eigenvalue weighted by Gasteiger charge is 2.34. The molecule has 0 bridgehead atoms. The summed E-state index contributed by atoms with van der Waals surface area (Å²) in [4.78, 5) is 36.4. The minimum absolute atomic E-state index is 0.0567. The molecule has 2 rings (SSSR count). The number of amides is 2. The molecule has 0 saturated carbocycles. The number of esters is 1. The van der Waals surface area contributed by atoms with Crippen molar-refractivity contribution in [2.75, 3.05) is 12.4 Å². The Balaban J connectivity index is 2.26. The molecule has 1 aromatic carbocycles. The number of ether oxygens (including phenoxy) is 1. The van der Waals surface area contributed by atoms with Gasteiger partial charge in [-0.3, -0.25) is 9.59 Å². The zero-order valence-electron chi connectivity index (χ0n) is 13.9. The average molecular weight is 336 g/mol. The van der Waals surface area contributed by atoms with Gasteiger partial charge in [-0.2, -0.15) is 0 Å². The van der Waals surface area contributed by atoms with E-state index in [-0.39, 0.29) is 23.9 Å². The van der Waals surface area contributed by atoms with Crippen molar-refractivity contribution in [2.45, 2.75) is 38.6 Å². The van der Waals surface area contributed by atoms with Crippen LogP contribution in [0.25, 0.3) is 0 Å². The van der Waals surface area contributed by atoms with Gasteiger partial charge in [0, 0.05) is 12.1 Å². The number of carbonyl (C=O) groups excluding carboxylic acids is 3. The lowest BCUT2D eigenvalue weighted by Crippen LogP contribution is -2.48. The number of halogens is 1. The summed E-state index contributed by atoms with van der Waals surface area (Å²) >= 11 is 0. The Morgan fingerprint density at radius 3 is 2.79 bits per heavy atom. The summed E-state index contributed by atoms with van der Waals surface area (Å²) in [5, 5.41) is 5.23. The van der Waals surface area contributed by atoms with Gasteiger partial charge in [0.15, 0.2) is 0 Å². The van der Waals surface area contributed by atoms with Crippen molar-refractivity contribution in [1.29, 1.82) is 0 Å². The fraction of sp³-hybridized carbons (Fsp3) is 0.471. The third kappa shape index (κ3) is 3.72. The molecule has 0 saturated heterocycles. The van der Waals surface area contributed by atoms with Gasteiger partial charge in [-0.15, -0.1) is 0 Å². The lowest BCUT2D eigenvalue weighted by atomic mass is 9.88. The molecule has 7 heteroatoms. The summed E-state index contributed by atoms with van der Waals surface area (Å²) in [5.41, 5.74) is 0.811. The van der Waals surface area contributed by atoms with Crippen LogP contribution in [0.3, 0.4) is 0 Å². The molecular weight excluding hydrogens is 315 g/mol. The van der Waals surface area contributed by atoms with Crippen molar-refractivity contribution < 1.29 is 23.5 Å². The molecule has 6 nitrogen and oxygen atoms in total. The summed E-state index contributed by atoms with van der Waals surface area (Å²) in [6.45, 7) is 3.73. The highest BCUT2D eigenvalue weighted by Crippen LogP contribution is 2.33. The van der Waals surface area contributed by atoms with Crippen LogP contribution in [0, 0.1) is 11.7 Å². The van der Waals surface area contributed by atoms with Crippen LogP contribution in [-0.2, 0) is 19.1 Å². The van der Waals surface area contributed by atoms with Crippen LogP contribution in [0.5, 0.6) is 0 Å². The van der Waals surface area contributed by atoms with E-state index in [0.29, 0.717) is 12.0 Å². The maximum atomic E-state index is 13.4. The van der Waals surface area contributed by atoms with Crippen molar-refractivity contribution >= 4 is 23.5 Å². The Morgan fingerprint density at radius 2 is 2.17 bits per heavy atom. The number of nitrogens with one attached hydrogen (secondary N) is 2. The molecule has 3 unspecified atom stereocenters. The normalized spacial score (nSPS) is 18.8. The molecule has 1 aromatic rings. The number of anilines is 1. The van der Waals surface area contributed by atoms with Crippen LogP contribution >= 0.6 is 0 Å². The Bertz CT molecular complexity index is 662. The SMILES string of the molecule is CCC(C)C(NC(=O)C1CC(=O)Nc2cc(F)ccc21)C(=O)OC. The van der Waals surface area contributed by atoms with Crippen LogP contribution in [0.1, 0.15) is 38.2 Å². The van der Waals surface area contributed by atoms with E-state index in [1.807, 2.05) is 13.8 Å². The molecular formula is C17H21FN2O4. The van der Waals surface area contributed by atoms with E-state index in [4.69, 9.17) is 4.74 Å². The standard InChI is InChI=1S/C17H21FN2O4/c1-4-9(2)15(17(23)24-3)20-16(22)12-8-14(21)19-13-7-10(18)5-6-11(12)13/h5-7,9,12,15H,4,8H2,1-3H3,(H,19,21)(H,20,22).